The van der Waals surface area contributed by atoms with E-state index in [-0.39, 0.29) is 11.4 Å². The van der Waals surface area contributed by atoms with Gasteiger partial charge in [-0.25, -0.2) is 4.39 Å². The number of nitrogens with zero attached hydrogens (tertiary/aromatic N) is 1. The molecule has 1 fully saturated rings. The Morgan fingerprint density at radius 2 is 2.19 bits per heavy atom. The molecule has 1 N–H and O–H groups in total. The average Bonchev–Trinajstić information content (AvgIpc) is 2.47. The summed E-state index contributed by atoms with van der Waals surface area (Å²) in [6.07, 6.45) is 1.06. The smallest absolute Gasteiger partial charge is 0.165 e. The van der Waals surface area contributed by atoms with Gasteiger partial charge in [0.15, 0.2) is 11.6 Å². The first-order chi connectivity index (χ1) is 9.90. The topological polar surface area (TPSA) is 24.5 Å². The molecule has 1 aromatic carbocycles. The predicted molar refractivity (Wildman–Crippen MR) is 85.6 cm³/mol. The van der Waals surface area contributed by atoms with Gasteiger partial charge >= 0.3 is 0 Å². The number of rotatable bonds is 4. The Kier molecular flexibility index (Phi) is 4.77. The van der Waals surface area contributed by atoms with Crippen LogP contribution in [0.2, 0.25) is 0 Å². The van der Waals surface area contributed by atoms with E-state index in [1.54, 1.807) is 0 Å². The fraction of sp³-hybridized carbons (Fsp3) is 0.647. The highest BCUT2D eigenvalue weighted by atomic mass is 19.1. The molecule has 2 atom stereocenters. The van der Waals surface area contributed by atoms with E-state index in [1.165, 1.54) is 13.2 Å². The van der Waals surface area contributed by atoms with Crippen molar-refractivity contribution in [3.05, 3.63) is 24.0 Å². The maximum atomic E-state index is 13.7. The lowest BCUT2D eigenvalue weighted by Crippen LogP contribution is -2.64. The second-order valence-electron chi connectivity index (χ2n) is 6.55. The molecule has 1 heterocycles. The van der Waals surface area contributed by atoms with Crippen molar-refractivity contribution in [2.45, 2.75) is 45.7 Å². The number of nitrogens with one attached hydrogen (secondary N) is 1. The maximum Gasteiger partial charge on any atom is 0.165 e. The van der Waals surface area contributed by atoms with Gasteiger partial charge in [0.05, 0.1) is 7.11 Å². The SMILES string of the molecule is CCC1(C)CN(c2ccc(F)c(OC)c2)C(C(C)C)CN1. The number of anilines is 1. The van der Waals surface area contributed by atoms with Crippen LogP contribution in [0.5, 0.6) is 5.75 Å². The number of ether oxygens (including phenoxy) is 1. The van der Waals surface area contributed by atoms with Gasteiger partial charge in [-0.05, 0) is 31.4 Å². The highest BCUT2D eigenvalue weighted by Gasteiger charge is 2.36. The molecule has 4 heteroatoms. The average molecular weight is 294 g/mol. The number of hydrogen-bond donors (Lipinski definition) is 1. The van der Waals surface area contributed by atoms with E-state index in [1.807, 2.05) is 12.1 Å². The molecule has 0 amide bonds. The van der Waals surface area contributed by atoms with Gasteiger partial charge in [0, 0.05) is 36.4 Å². The second-order valence-corrected chi connectivity index (χ2v) is 6.55. The highest BCUT2D eigenvalue weighted by Crippen LogP contribution is 2.31. The summed E-state index contributed by atoms with van der Waals surface area (Å²) in [5.41, 5.74) is 1.13. The molecule has 1 aliphatic rings. The van der Waals surface area contributed by atoms with Crippen LogP contribution >= 0.6 is 0 Å². The Balaban J connectivity index is 2.35. The fourth-order valence-electron chi connectivity index (χ4n) is 2.95. The monoisotopic (exact) mass is 294 g/mol. The van der Waals surface area contributed by atoms with Gasteiger partial charge in [-0.1, -0.05) is 20.8 Å². The summed E-state index contributed by atoms with van der Waals surface area (Å²) in [5.74, 6) is 0.525. The minimum absolute atomic E-state index is 0.0903. The van der Waals surface area contributed by atoms with Crippen molar-refractivity contribution in [3.63, 3.8) is 0 Å². The van der Waals surface area contributed by atoms with Crippen molar-refractivity contribution >= 4 is 5.69 Å². The van der Waals surface area contributed by atoms with Crippen LogP contribution in [0.3, 0.4) is 0 Å². The first-order valence-electron chi connectivity index (χ1n) is 7.75. The number of hydrogen-bond acceptors (Lipinski definition) is 3. The highest BCUT2D eigenvalue weighted by molar-refractivity contribution is 5.53. The van der Waals surface area contributed by atoms with Gasteiger partial charge in [-0.15, -0.1) is 0 Å². The summed E-state index contributed by atoms with van der Waals surface area (Å²) in [4.78, 5) is 2.40. The molecule has 0 saturated carbocycles. The van der Waals surface area contributed by atoms with Crippen molar-refractivity contribution in [1.29, 1.82) is 0 Å². The van der Waals surface area contributed by atoms with Gasteiger partial charge in [-0.3, -0.25) is 0 Å². The lowest BCUT2D eigenvalue weighted by Gasteiger charge is -2.48. The zero-order valence-corrected chi connectivity index (χ0v) is 13.7. The summed E-state index contributed by atoms with van der Waals surface area (Å²) < 4.78 is 18.8. The Morgan fingerprint density at radius 1 is 1.48 bits per heavy atom. The zero-order valence-electron chi connectivity index (χ0n) is 13.7. The lowest BCUT2D eigenvalue weighted by molar-refractivity contribution is 0.252. The van der Waals surface area contributed by atoms with E-state index in [0.717, 1.165) is 25.2 Å². The van der Waals surface area contributed by atoms with Gasteiger partial charge in [0.1, 0.15) is 0 Å². The van der Waals surface area contributed by atoms with Gasteiger partial charge < -0.3 is 15.0 Å². The summed E-state index contributed by atoms with van der Waals surface area (Å²) in [5, 5.41) is 3.67. The van der Waals surface area contributed by atoms with Crippen LogP contribution in [0.4, 0.5) is 10.1 Å². The van der Waals surface area contributed by atoms with E-state index in [2.05, 4.69) is 37.9 Å². The summed E-state index contributed by atoms with van der Waals surface area (Å²) >= 11 is 0. The predicted octanol–water partition coefficient (Wildman–Crippen LogP) is 3.44. The molecule has 118 valence electrons. The first kappa shape index (κ1) is 16.1. The molecule has 2 unspecified atom stereocenters. The van der Waals surface area contributed by atoms with Crippen molar-refractivity contribution in [3.8, 4) is 5.75 Å². The second kappa shape index (κ2) is 6.22. The Bertz CT molecular complexity index is 492. The third kappa shape index (κ3) is 3.31. The third-order valence-corrected chi connectivity index (χ3v) is 4.67. The third-order valence-electron chi connectivity index (χ3n) is 4.67. The summed E-state index contributed by atoms with van der Waals surface area (Å²) in [7, 11) is 1.51. The fourth-order valence-corrected chi connectivity index (χ4v) is 2.95. The quantitative estimate of drug-likeness (QED) is 0.920. The molecule has 0 aliphatic carbocycles. The molecular weight excluding hydrogens is 267 g/mol. The zero-order chi connectivity index (χ0) is 15.6. The molecule has 21 heavy (non-hydrogen) atoms. The Morgan fingerprint density at radius 3 is 2.76 bits per heavy atom. The molecule has 2 rings (SSSR count). The molecule has 0 bridgehead atoms. The Hall–Kier alpha value is -1.29. The van der Waals surface area contributed by atoms with E-state index in [9.17, 15) is 4.39 Å². The van der Waals surface area contributed by atoms with E-state index in [4.69, 9.17) is 4.74 Å². The summed E-state index contributed by atoms with van der Waals surface area (Å²) in [6, 6.07) is 5.57. The lowest BCUT2D eigenvalue weighted by atomic mass is 9.89. The van der Waals surface area contributed by atoms with Crippen LogP contribution in [0.15, 0.2) is 18.2 Å². The molecule has 3 nitrogen and oxygen atoms in total. The van der Waals surface area contributed by atoms with Gasteiger partial charge in [-0.2, -0.15) is 0 Å². The molecule has 0 spiro atoms. The number of piperazine rings is 1. The molecule has 1 aromatic rings. The largest absolute Gasteiger partial charge is 0.494 e. The van der Waals surface area contributed by atoms with E-state index in [0.29, 0.717) is 17.7 Å². The molecular formula is C17H27FN2O. The van der Waals surface area contributed by atoms with E-state index >= 15 is 0 Å². The standard InChI is InChI=1S/C17H27FN2O/c1-6-17(4)11-20(15(10-19-17)12(2)3)13-7-8-14(18)16(9-13)21-5/h7-9,12,15,19H,6,10-11H2,1-5H3. The first-order valence-corrected chi connectivity index (χ1v) is 7.75. The van der Waals surface area contributed by atoms with Gasteiger partial charge in [0.2, 0.25) is 0 Å². The van der Waals surface area contributed by atoms with Crippen LogP contribution in [-0.2, 0) is 0 Å². The van der Waals surface area contributed by atoms with Crippen molar-refractivity contribution in [1.82, 2.24) is 5.32 Å². The van der Waals surface area contributed by atoms with Crippen LogP contribution in [0, 0.1) is 11.7 Å². The number of benzene rings is 1. The maximum absolute atomic E-state index is 13.7. The van der Waals surface area contributed by atoms with Crippen LogP contribution < -0.4 is 15.0 Å². The normalized spacial score (nSPS) is 26.2. The number of halogens is 1. The van der Waals surface area contributed by atoms with Gasteiger partial charge in [0.25, 0.3) is 0 Å². The van der Waals surface area contributed by atoms with Crippen LogP contribution in [0.25, 0.3) is 0 Å². The van der Waals surface area contributed by atoms with Crippen molar-refractivity contribution in [2.75, 3.05) is 25.1 Å². The van der Waals surface area contributed by atoms with Crippen molar-refractivity contribution < 1.29 is 9.13 Å². The molecule has 1 saturated heterocycles. The number of methoxy groups -OCH3 is 1. The minimum atomic E-state index is -0.310. The van der Waals surface area contributed by atoms with E-state index < -0.39 is 0 Å². The molecule has 1 aliphatic heterocycles. The van der Waals surface area contributed by atoms with Crippen LogP contribution in [0.1, 0.15) is 34.1 Å². The van der Waals surface area contributed by atoms with Crippen molar-refractivity contribution in [2.24, 2.45) is 5.92 Å². The molecule has 0 aromatic heterocycles. The Labute approximate surface area is 127 Å². The van der Waals surface area contributed by atoms with Crippen LogP contribution in [-0.4, -0.2) is 31.8 Å². The molecule has 0 radical (unpaired) electrons. The minimum Gasteiger partial charge on any atom is -0.494 e. The summed E-state index contributed by atoms with van der Waals surface area (Å²) in [6.45, 7) is 10.8.